The van der Waals surface area contributed by atoms with E-state index < -0.39 is 11.0 Å². The Hall–Kier alpha value is -2.27. The number of carbonyl (C=O) groups is 1. The van der Waals surface area contributed by atoms with Crippen LogP contribution in [0.5, 0.6) is 11.5 Å². The maximum Gasteiger partial charge on any atom is 0.231 e. The second-order valence-electron chi connectivity index (χ2n) is 7.81. The lowest BCUT2D eigenvalue weighted by Crippen LogP contribution is -2.51. The van der Waals surface area contributed by atoms with E-state index in [1.165, 1.54) is 0 Å². The van der Waals surface area contributed by atoms with E-state index in [4.69, 9.17) is 18.9 Å². The first-order valence-electron chi connectivity index (χ1n) is 8.88. The summed E-state index contributed by atoms with van der Waals surface area (Å²) in [6, 6.07) is 5.98. The molecule has 3 aliphatic carbocycles. The van der Waals surface area contributed by atoms with E-state index in [0.717, 1.165) is 17.1 Å². The molecule has 1 heterocycles. The number of ketones is 1. The van der Waals surface area contributed by atoms with E-state index in [1.807, 2.05) is 24.3 Å². The molecule has 5 rings (SSSR count). The first-order valence-corrected chi connectivity index (χ1v) is 8.88. The number of methoxy groups -OCH3 is 2. The Morgan fingerprint density at radius 2 is 2.08 bits per heavy atom. The molecule has 0 radical (unpaired) electrons. The van der Waals surface area contributed by atoms with Crippen LogP contribution in [0, 0.1) is 16.7 Å². The van der Waals surface area contributed by atoms with Crippen molar-refractivity contribution >= 4 is 5.78 Å². The molecule has 0 spiro atoms. The molecule has 5 nitrogen and oxygen atoms in total. The molecule has 1 aliphatic heterocycles. The van der Waals surface area contributed by atoms with Crippen LogP contribution < -0.4 is 9.47 Å². The van der Waals surface area contributed by atoms with Gasteiger partial charge in [0, 0.05) is 30.4 Å². The average molecular weight is 354 g/mol. The zero-order valence-electron chi connectivity index (χ0n) is 15.2. The molecule has 2 fully saturated rings. The molecular weight excluding hydrogens is 332 g/mol. The summed E-state index contributed by atoms with van der Waals surface area (Å²) in [6.07, 6.45) is 4.10. The van der Waals surface area contributed by atoms with Gasteiger partial charge in [0.1, 0.15) is 11.4 Å². The predicted molar refractivity (Wildman–Crippen MR) is 94.0 cm³/mol. The summed E-state index contributed by atoms with van der Waals surface area (Å²) >= 11 is 0. The number of allylic oxidation sites excluding steroid dienone is 2. The fourth-order valence-corrected chi connectivity index (χ4v) is 6.50. The largest absolute Gasteiger partial charge is 0.498 e. The minimum Gasteiger partial charge on any atom is -0.498 e. The second-order valence-corrected chi connectivity index (χ2v) is 7.81. The van der Waals surface area contributed by atoms with Crippen molar-refractivity contribution in [3.05, 3.63) is 48.3 Å². The third-order valence-electron chi connectivity index (χ3n) is 7.19. The topological polar surface area (TPSA) is 54.0 Å². The fourth-order valence-electron chi connectivity index (χ4n) is 6.50. The van der Waals surface area contributed by atoms with Crippen molar-refractivity contribution in [3.63, 3.8) is 0 Å². The summed E-state index contributed by atoms with van der Waals surface area (Å²) in [6.45, 7) is 6.35. The predicted octanol–water partition coefficient (Wildman–Crippen LogP) is 3.21. The molecule has 0 aromatic heterocycles. The smallest absolute Gasteiger partial charge is 0.231 e. The van der Waals surface area contributed by atoms with Crippen LogP contribution in [-0.2, 0) is 14.3 Å². The Balaban J connectivity index is 1.70. The number of benzene rings is 1. The van der Waals surface area contributed by atoms with E-state index in [0.29, 0.717) is 12.2 Å². The minimum atomic E-state index is -0.556. The molecule has 5 atom stereocenters. The quantitative estimate of drug-likeness (QED) is 0.760. The third-order valence-corrected chi connectivity index (χ3v) is 7.19. The van der Waals surface area contributed by atoms with Gasteiger partial charge in [-0.1, -0.05) is 19.1 Å². The van der Waals surface area contributed by atoms with Gasteiger partial charge in [-0.3, -0.25) is 4.79 Å². The van der Waals surface area contributed by atoms with Crippen molar-refractivity contribution < 1.29 is 23.7 Å². The Morgan fingerprint density at radius 3 is 2.77 bits per heavy atom. The first-order chi connectivity index (χ1) is 12.5. The lowest BCUT2D eigenvalue weighted by Gasteiger charge is -2.51. The molecular formula is C21H22O5. The molecule has 26 heavy (non-hydrogen) atoms. The molecule has 0 amide bonds. The van der Waals surface area contributed by atoms with Crippen LogP contribution in [0.25, 0.3) is 0 Å². The molecule has 1 unspecified atom stereocenters. The number of rotatable bonds is 5. The number of hydrogen-bond acceptors (Lipinski definition) is 5. The zero-order chi connectivity index (χ0) is 18.3. The number of carbonyl (C=O) groups excluding carboxylic acids is 1. The summed E-state index contributed by atoms with van der Waals surface area (Å²) in [5.74, 6) is 2.31. The van der Waals surface area contributed by atoms with Gasteiger partial charge in [0.25, 0.3) is 0 Å². The molecule has 1 aromatic carbocycles. The summed E-state index contributed by atoms with van der Waals surface area (Å²) < 4.78 is 22.7. The van der Waals surface area contributed by atoms with Crippen LogP contribution in [0.3, 0.4) is 0 Å². The van der Waals surface area contributed by atoms with Crippen LogP contribution in [0.15, 0.2) is 42.7 Å². The van der Waals surface area contributed by atoms with Crippen LogP contribution >= 0.6 is 0 Å². The third kappa shape index (κ3) is 1.36. The molecule has 1 aromatic rings. The van der Waals surface area contributed by atoms with Gasteiger partial charge in [-0.15, -0.1) is 6.58 Å². The van der Waals surface area contributed by atoms with Crippen LogP contribution in [-0.4, -0.2) is 32.4 Å². The summed E-state index contributed by atoms with van der Waals surface area (Å²) in [4.78, 5) is 13.3. The van der Waals surface area contributed by atoms with E-state index in [2.05, 4.69) is 13.5 Å². The van der Waals surface area contributed by atoms with Crippen LogP contribution in [0.4, 0.5) is 0 Å². The highest BCUT2D eigenvalue weighted by molar-refractivity contribution is 6.02. The molecule has 4 aliphatic rings. The molecule has 2 saturated carbocycles. The lowest BCUT2D eigenvalue weighted by atomic mass is 9.49. The van der Waals surface area contributed by atoms with Gasteiger partial charge in [-0.05, 0) is 24.1 Å². The van der Waals surface area contributed by atoms with Crippen molar-refractivity contribution in [2.75, 3.05) is 21.0 Å². The van der Waals surface area contributed by atoms with Crippen molar-refractivity contribution in [1.29, 1.82) is 0 Å². The Kier molecular flexibility index (Phi) is 2.89. The van der Waals surface area contributed by atoms with E-state index in [1.54, 1.807) is 20.3 Å². The van der Waals surface area contributed by atoms with Gasteiger partial charge < -0.3 is 18.9 Å². The van der Waals surface area contributed by atoms with Crippen molar-refractivity contribution in [2.24, 2.45) is 16.7 Å². The summed E-state index contributed by atoms with van der Waals surface area (Å²) in [7, 11) is 3.32. The van der Waals surface area contributed by atoms with Crippen molar-refractivity contribution in [3.8, 4) is 11.5 Å². The average Bonchev–Trinajstić information content (AvgIpc) is 2.93. The normalized spacial score (nSPS) is 41.0. The highest BCUT2D eigenvalue weighted by Gasteiger charge is 2.97. The first kappa shape index (κ1) is 15.9. The van der Waals surface area contributed by atoms with Gasteiger partial charge >= 0.3 is 0 Å². The Labute approximate surface area is 152 Å². The highest BCUT2D eigenvalue weighted by atomic mass is 16.7. The SMILES string of the molecule is C=CC[C@]12C(=O)C=C(OC)[C@@]3(OC)C1[C@]3(C)[C@H]2c1ccc2c(c1)OCO2. The highest BCUT2D eigenvalue weighted by Crippen LogP contribution is 2.92. The molecule has 0 saturated heterocycles. The maximum absolute atomic E-state index is 13.3. The zero-order valence-corrected chi connectivity index (χ0v) is 15.2. The fraction of sp³-hybridized carbons (Fsp3) is 0.476. The molecule has 136 valence electrons. The summed E-state index contributed by atoms with van der Waals surface area (Å²) in [5, 5.41) is 0. The summed E-state index contributed by atoms with van der Waals surface area (Å²) in [5.41, 5.74) is -0.220. The number of hydrogen-bond donors (Lipinski definition) is 0. The maximum atomic E-state index is 13.3. The number of fused-ring (bicyclic) bond motifs is 2. The van der Waals surface area contributed by atoms with Crippen LogP contribution in [0.1, 0.15) is 24.8 Å². The molecule has 0 N–H and O–H groups in total. The van der Waals surface area contributed by atoms with Crippen LogP contribution in [0.2, 0.25) is 0 Å². The van der Waals surface area contributed by atoms with E-state index in [-0.39, 0.29) is 29.8 Å². The van der Waals surface area contributed by atoms with Gasteiger partial charge in [0.05, 0.1) is 12.5 Å². The standard InChI is InChI=1S/C21H22O5/c1-5-8-20-15(22)10-16(23-3)21(24-4)18(20)19(21,2)17(20)12-6-7-13-14(9-12)26-11-25-13/h5-7,9-10,17-18H,1,8,11H2,2-4H3/t17-,18?,19+,20-,21-/m1/s1. The van der Waals surface area contributed by atoms with Gasteiger partial charge in [-0.2, -0.15) is 0 Å². The van der Waals surface area contributed by atoms with Crippen molar-refractivity contribution in [1.82, 2.24) is 0 Å². The van der Waals surface area contributed by atoms with Gasteiger partial charge in [-0.25, -0.2) is 0 Å². The van der Waals surface area contributed by atoms with E-state index >= 15 is 0 Å². The molecule has 0 bridgehead atoms. The van der Waals surface area contributed by atoms with Gasteiger partial charge in [0.15, 0.2) is 17.3 Å². The Morgan fingerprint density at radius 1 is 1.31 bits per heavy atom. The van der Waals surface area contributed by atoms with Gasteiger partial charge in [0.2, 0.25) is 6.79 Å². The second kappa shape index (κ2) is 4.71. The number of ether oxygens (including phenoxy) is 4. The van der Waals surface area contributed by atoms with Crippen molar-refractivity contribution in [2.45, 2.75) is 24.9 Å². The monoisotopic (exact) mass is 354 g/mol. The Bertz CT molecular complexity index is 873. The molecule has 5 heteroatoms. The minimum absolute atomic E-state index is 0.00356. The van der Waals surface area contributed by atoms with E-state index in [9.17, 15) is 4.79 Å². The lowest BCUT2D eigenvalue weighted by molar-refractivity contribution is -0.135.